The maximum Gasteiger partial charge on any atom is 0.336 e. The van der Waals surface area contributed by atoms with Crippen LogP contribution in [-0.2, 0) is 4.79 Å². The fraction of sp³-hybridized carbons (Fsp3) is 0.545. The molecule has 0 spiro atoms. The summed E-state index contributed by atoms with van der Waals surface area (Å²) in [6.07, 6.45) is 8.81. The van der Waals surface area contributed by atoms with Gasteiger partial charge in [0.2, 0.25) is 0 Å². The van der Waals surface area contributed by atoms with Crippen molar-refractivity contribution >= 4 is 16.9 Å². The Balaban J connectivity index is 1.32. The van der Waals surface area contributed by atoms with E-state index in [0.29, 0.717) is 11.3 Å². The van der Waals surface area contributed by atoms with E-state index in [0.717, 1.165) is 35.6 Å². The molecule has 1 heterocycles. The van der Waals surface area contributed by atoms with Gasteiger partial charge in [0.1, 0.15) is 11.3 Å². The number of nitrogens with one attached hydrogen (secondary N) is 1. The van der Waals surface area contributed by atoms with Gasteiger partial charge in [-0.2, -0.15) is 0 Å². The fourth-order valence-corrected chi connectivity index (χ4v) is 4.82. The SMILES string of the molecule is Cc1cc(=O)oc2cc(OCC(=O)NC3CCC4CCCCC4C3)ccc12. The van der Waals surface area contributed by atoms with Crippen LogP contribution in [0.2, 0.25) is 0 Å². The van der Waals surface area contributed by atoms with Gasteiger partial charge in [-0.05, 0) is 55.7 Å². The van der Waals surface area contributed by atoms with E-state index in [2.05, 4.69) is 5.32 Å². The Labute approximate surface area is 159 Å². The maximum absolute atomic E-state index is 12.3. The maximum atomic E-state index is 12.3. The Kier molecular flexibility index (Phi) is 5.19. The number of amides is 1. The highest BCUT2D eigenvalue weighted by molar-refractivity contribution is 5.81. The number of ether oxygens (including phenoxy) is 1. The average Bonchev–Trinajstić information content (AvgIpc) is 2.66. The van der Waals surface area contributed by atoms with Gasteiger partial charge in [0.05, 0.1) is 0 Å². The van der Waals surface area contributed by atoms with Crippen LogP contribution in [0.15, 0.2) is 33.5 Å². The minimum Gasteiger partial charge on any atom is -0.484 e. The van der Waals surface area contributed by atoms with Gasteiger partial charge in [0.15, 0.2) is 6.61 Å². The van der Waals surface area contributed by atoms with Crippen molar-refractivity contribution in [2.24, 2.45) is 11.8 Å². The topological polar surface area (TPSA) is 68.5 Å². The molecule has 1 N–H and O–H groups in total. The van der Waals surface area contributed by atoms with Crippen LogP contribution in [0.1, 0.15) is 50.5 Å². The molecule has 27 heavy (non-hydrogen) atoms. The molecule has 1 amide bonds. The molecule has 2 fully saturated rings. The summed E-state index contributed by atoms with van der Waals surface area (Å²) >= 11 is 0. The van der Waals surface area contributed by atoms with E-state index in [-0.39, 0.29) is 24.2 Å². The molecule has 0 saturated heterocycles. The molecule has 5 heteroatoms. The van der Waals surface area contributed by atoms with Gasteiger partial charge in [0, 0.05) is 23.6 Å². The first-order valence-corrected chi connectivity index (χ1v) is 10.0. The third kappa shape index (κ3) is 4.18. The lowest BCUT2D eigenvalue weighted by Gasteiger charge is -2.39. The molecule has 2 saturated carbocycles. The Morgan fingerprint density at radius 1 is 1.15 bits per heavy atom. The minimum absolute atomic E-state index is 0.0217. The summed E-state index contributed by atoms with van der Waals surface area (Å²) in [5.41, 5.74) is 0.964. The van der Waals surface area contributed by atoms with E-state index in [1.165, 1.54) is 38.2 Å². The summed E-state index contributed by atoms with van der Waals surface area (Å²) in [4.78, 5) is 23.8. The molecule has 1 aromatic heterocycles. The first kappa shape index (κ1) is 18.1. The summed E-state index contributed by atoms with van der Waals surface area (Å²) < 4.78 is 10.9. The second-order valence-electron chi connectivity index (χ2n) is 8.08. The zero-order chi connectivity index (χ0) is 18.8. The Hall–Kier alpha value is -2.30. The summed E-state index contributed by atoms with van der Waals surface area (Å²) in [6.45, 7) is 1.85. The van der Waals surface area contributed by atoms with Crippen LogP contribution < -0.4 is 15.7 Å². The van der Waals surface area contributed by atoms with Crippen molar-refractivity contribution in [1.82, 2.24) is 5.32 Å². The molecule has 3 atom stereocenters. The molecule has 1 aromatic carbocycles. The van der Waals surface area contributed by atoms with Gasteiger partial charge in [-0.3, -0.25) is 4.79 Å². The van der Waals surface area contributed by atoms with E-state index in [1.807, 2.05) is 13.0 Å². The van der Waals surface area contributed by atoms with Gasteiger partial charge < -0.3 is 14.5 Å². The molecule has 2 aliphatic rings. The number of hydrogen-bond acceptors (Lipinski definition) is 4. The van der Waals surface area contributed by atoms with Gasteiger partial charge in [-0.25, -0.2) is 4.79 Å². The van der Waals surface area contributed by atoms with Crippen LogP contribution in [0.3, 0.4) is 0 Å². The van der Waals surface area contributed by atoms with Crippen molar-refractivity contribution in [3.8, 4) is 5.75 Å². The molecule has 2 aromatic rings. The highest BCUT2D eigenvalue weighted by atomic mass is 16.5. The van der Waals surface area contributed by atoms with Crippen molar-refractivity contribution in [3.05, 3.63) is 40.2 Å². The molecule has 0 bridgehead atoms. The lowest BCUT2D eigenvalue weighted by Crippen LogP contribution is -2.43. The predicted molar refractivity (Wildman–Crippen MR) is 104 cm³/mol. The highest BCUT2D eigenvalue weighted by Crippen LogP contribution is 2.40. The highest BCUT2D eigenvalue weighted by Gasteiger charge is 2.32. The van der Waals surface area contributed by atoms with Crippen LogP contribution in [0.5, 0.6) is 5.75 Å². The molecular weight excluding hydrogens is 342 g/mol. The van der Waals surface area contributed by atoms with Crippen LogP contribution in [0.4, 0.5) is 0 Å². The van der Waals surface area contributed by atoms with Crippen molar-refractivity contribution in [2.75, 3.05) is 6.61 Å². The normalized spacial score (nSPS) is 25.0. The number of hydrogen-bond donors (Lipinski definition) is 1. The second kappa shape index (κ2) is 7.75. The number of carbonyl (C=O) groups excluding carboxylic acids is 1. The molecule has 2 aliphatic carbocycles. The monoisotopic (exact) mass is 369 g/mol. The Morgan fingerprint density at radius 2 is 1.96 bits per heavy atom. The van der Waals surface area contributed by atoms with Crippen LogP contribution in [0, 0.1) is 18.8 Å². The molecule has 0 aliphatic heterocycles. The van der Waals surface area contributed by atoms with Crippen LogP contribution in [0.25, 0.3) is 11.0 Å². The van der Waals surface area contributed by atoms with Crippen molar-refractivity contribution in [1.29, 1.82) is 0 Å². The molecule has 144 valence electrons. The third-order valence-electron chi connectivity index (χ3n) is 6.20. The zero-order valence-corrected chi connectivity index (χ0v) is 15.8. The molecule has 0 radical (unpaired) electrons. The van der Waals surface area contributed by atoms with Crippen molar-refractivity contribution in [2.45, 2.75) is 57.9 Å². The molecule has 3 unspecified atom stereocenters. The van der Waals surface area contributed by atoms with E-state index in [4.69, 9.17) is 9.15 Å². The standard InChI is InChI=1S/C22H27NO4/c1-14-10-22(25)27-20-12-18(8-9-19(14)20)26-13-21(24)23-17-7-6-15-4-2-3-5-16(15)11-17/h8-10,12,15-17H,2-7,11,13H2,1H3,(H,23,24). The van der Waals surface area contributed by atoms with Crippen molar-refractivity contribution < 1.29 is 13.9 Å². The predicted octanol–water partition coefficient (Wildman–Crippen LogP) is 3.96. The number of aryl methyl sites for hydroxylation is 1. The van der Waals surface area contributed by atoms with Crippen molar-refractivity contribution in [3.63, 3.8) is 0 Å². The largest absolute Gasteiger partial charge is 0.484 e. The van der Waals surface area contributed by atoms with Gasteiger partial charge in [0.25, 0.3) is 5.91 Å². The van der Waals surface area contributed by atoms with Gasteiger partial charge in [-0.1, -0.05) is 25.7 Å². The van der Waals surface area contributed by atoms with Crippen LogP contribution in [-0.4, -0.2) is 18.6 Å². The number of fused-ring (bicyclic) bond motifs is 2. The average molecular weight is 369 g/mol. The number of rotatable bonds is 4. The molecular formula is C22H27NO4. The summed E-state index contributed by atoms with van der Waals surface area (Å²) in [7, 11) is 0. The smallest absolute Gasteiger partial charge is 0.336 e. The quantitative estimate of drug-likeness (QED) is 0.829. The Bertz CT molecular complexity index is 888. The lowest BCUT2D eigenvalue weighted by molar-refractivity contribution is -0.124. The van der Waals surface area contributed by atoms with E-state index in [9.17, 15) is 9.59 Å². The third-order valence-corrected chi connectivity index (χ3v) is 6.20. The summed E-state index contributed by atoms with van der Waals surface area (Å²) in [5.74, 6) is 2.10. The van der Waals surface area contributed by atoms with E-state index < -0.39 is 0 Å². The first-order valence-electron chi connectivity index (χ1n) is 10.0. The number of benzene rings is 1. The summed E-state index contributed by atoms with van der Waals surface area (Å²) in [6, 6.07) is 7.07. The van der Waals surface area contributed by atoms with Crippen LogP contribution >= 0.6 is 0 Å². The Morgan fingerprint density at radius 3 is 2.81 bits per heavy atom. The zero-order valence-electron chi connectivity index (χ0n) is 15.8. The van der Waals surface area contributed by atoms with E-state index >= 15 is 0 Å². The number of carbonyl (C=O) groups is 1. The lowest BCUT2D eigenvalue weighted by atomic mass is 9.69. The van der Waals surface area contributed by atoms with Gasteiger partial charge >= 0.3 is 5.63 Å². The first-order chi connectivity index (χ1) is 13.1. The fourth-order valence-electron chi connectivity index (χ4n) is 4.82. The summed E-state index contributed by atoms with van der Waals surface area (Å²) in [5, 5.41) is 4.01. The van der Waals surface area contributed by atoms with Gasteiger partial charge in [-0.15, -0.1) is 0 Å². The minimum atomic E-state index is -0.381. The molecule has 5 nitrogen and oxygen atoms in total. The van der Waals surface area contributed by atoms with E-state index in [1.54, 1.807) is 12.1 Å². The second-order valence-corrected chi connectivity index (χ2v) is 8.08. The molecule has 4 rings (SSSR count).